The lowest BCUT2D eigenvalue weighted by Gasteiger charge is -2.13. The minimum atomic E-state index is -4.66. The second-order valence-corrected chi connectivity index (χ2v) is 10.2. The van der Waals surface area contributed by atoms with Gasteiger partial charge in [0.15, 0.2) is 0 Å². The number of carbonyl (C=O) groups excluding carboxylic acids is 1. The predicted octanol–water partition coefficient (Wildman–Crippen LogP) is 4.45. The van der Waals surface area contributed by atoms with Gasteiger partial charge in [0.05, 0.1) is 52.7 Å². The van der Waals surface area contributed by atoms with Crippen molar-refractivity contribution in [3.05, 3.63) is 99.9 Å². The Kier molecular flexibility index (Phi) is 7.94. The maximum Gasteiger partial charge on any atom is 0.416 e. The maximum atomic E-state index is 13.9. The van der Waals surface area contributed by atoms with Crippen molar-refractivity contribution in [3.63, 3.8) is 0 Å². The van der Waals surface area contributed by atoms with Crippen LogP contribution < -0.4 is 11.0 Å². The minimum Gasteiger partial charge on any atom is -0.422 e. The number of hydrogen-bond acceptors (Lipinski definition) is 8. The van der Waals surface area contributed by atoms with Crippen LogP contribution in [-0.4, -0.2) is 54.1 Å². The third-order valence-electron chi connectivity index (χ3n) is 6.69. The summed E-state index contributed by atoms with van der Waals surface area (Å²) in [7, 11) is 3.64. The number of carbonyl (C=O) groups is 1. The van der Waals surface area contributed by atoms with Gasteiger partial charge in [-0.2, -0.15) is 23.5 Å². The van der Waals surface area contributed by atoms with Crippen molar-refractivity contribution in [1.29, 1.82) is 5.26 Å². The van der Waals surface area contributed by atoms with Gasteiger partial charge in [0.25, 0.3) is 0 Å². The van der Waals surface area contributed by atoms with Gasteiger partial charge in [-0.25, -0.2) is 18.8 Å². The first-order valence-electron chi connectivity index (χ1n) is 13.2. The summed E-state index contributed by atoms with van der Waals surface area (Å²) in [6.07, 6.45) is -3.20. The van der Waals surface area contributed by atoms with Crippen LogP contribution in [0.5, 0.6) is 0 Å². The first-order chi connectivity index (χ1) is 20.9. The van der Waals surface area contributed by atoms with Crippen LogP contribution in [0.1, 0.15) is 41.6 Å². The van der Waals surface area contributed by atoms with Crippen LogP contribution in [0.3, 0.4) is 0 Å². The van der Waals surface area contributed by atoms with Gasteiger partial charge in [-0.1, -0.05) is 6.07 Å². The molecule has 1 amide bonds. The molecule has 0 saturated heterocycles. The summed E-state index contributed by atoms with van der Waals surface area (Å²) in [6.45, 7) is 3.48. The molecular weight excluding hydrogens is 579 g/mol. The molecule has 3 heterocycles. The van der Waals surface area contributed by atoms with E-state index in [0.717, 1.165) is 21.3 Å². The molecule has 0 aliphatic heterocycles. The first-order valence-corrected chi connectivity index (χ1v) is 13.2. The predicted molar refractivity (Wildman–Crippen MR) is 151 cm³/mol. The van der Waals surface area contributed by atoms with Crippen LogP contribution >= 0.6 is 0 Å². The van der Waals surface area contributed by atoms with Crippen LogP contribution in [0.4, 0.5) is 18.0 Å². The van der Waals surface area contributed by atoms with Gasteiger partial charge in [-0.05, 0) is 76.5 Å². The van der Waals surface area contributed by atoms with E-state index in [0.29, 0.717) is 29.4 Å². The molecule has 2 aromatic carbocycles. The number of hydrogen-bond donors (Lipinski definition) is 1. The van der Waals surface area contributed by atoms with Gasteiger partial charge in [0.2, 0.25) is 11.8 Å². The average Bonchev–Trinajstić information content (AvgIpc) is 3.70. The zero-order chi connectivity index (χ0) is 31.8. The van der Waals surface area contributed by atoms with Gasteiger partial charge in [0.1, 0.15) is 11.7 Å². The van der Waals surface area contributed by atoms with E-state index >= 15 is 0 Å². The summed E-state index contributed by atoms with van der Waals surface area (Å²) in [5, 5.41) is 24.2. The van der Waals surface area contributed by atoms with Crippen molar-refractivity contribution in [2.45, 2.75) is 32.6 Å². The Morgan fingerprint density at radius 1 is 1.11 bits per heavy atom. The summed E-state index contributed by atoms with van der Waals surface area (Å²) in [5.41, 5.74) is -0.469. The smallest absolute Gasteiger partial charge is 0.416 e. The third kappa shape index (κ3) is 5.75. The molecule has 226 valence electrons. The number of imidazole rings is 1. The van der Waals surface area contributed by atoms with Crippen LogP contribution in [0.2, 0.25) is 0 Å². The highest BCUT2D eigenvalue weighted by Gasteiger charge is 2.32. The fourth-order valence-corrected chi connectivity index (χ4v) is 4.67. The van der Waals surface area contributed by atoms with Crippen LogP contribution in [0, 0.1) is 18.3 Å². The number of nitrogens with zero attached hydrogens (tertiary/aromatic N) is 8. The van der Waals surface area contributed by atoms with E-state index in [1.807, 2.05) is 25.1 Å². The molecule has 0 bridgehead atoms. The Labute approximate surface area is 248 Å². The second-order valence-electron chi connectivity index (χ2n) is 10.2. The summed E-state index contributed by atoms with van der Waals surface area (Å²) in [4.78, 5) is 29.6. The normalized spacial score (nSPS) is 12.3. The first kappa shape index (κ1) is 30.0. The maximum absolute atomic E-state index is 13.9. The minimum absolute atomic E-state index is 0.0813. The quantitative estimate of drug-likeness (QED) is 0.287. The molecule has 1 atom stereocenters. The van der Waals surface area contributed by atoms with Crippen molar-refractivity contribution < 1.29 is 22.4 Å². The highest BCUT2D eigenvalue weighted by atomic mass is 19.4. The number of benzene rings is 2. The van der Waals surface area contributed by atoms with Crippen LogP contribution in [0.25, 0.3) is 22.8 Å². The lowest BCUT2D eigenvalue weighted by Crippen LogP contribution is -2.38. The molecule has 0 spiro atoms. The third-order valence-corrected chi connectivity index (χ3v) is 6.69. The number of aromatic nitrogens is 6. The molecule has 0 aliphatic carbocycles. The highest BCUT2D eigenvalue weighted by molar-refractivity contribution is 5.83. The van der Waals surface area contributed by atoms with Gasteiger partial charge in [-0.3, -0.25) is 4.57 Å². The van der Waals surface area contributed by atoms with E-state index in [9.17, 15) is 28.0 Å². The van der Waals surface area contributed by atoms with E-state index in [-0.39, 0.29) is 23.0 Å². The van der Waals surface area contributed by atoms with E-state index in [2.05, 4.69) is 20.6 Å². The molecule has 44 heavy (non-hydrogen) atoms. The number of alkyl halides is 3. The standard InChI is InChI=1S/C29H26F3N9O3/c1-17(26-37-36-24(44-26)16-38(3)4)35-27(42)40-25(23-12-13-34-41(23)21-10-8-19(15-33)9-11-21)18(2)39(28(40)43)22-7-5-6-20(14-22)29(30,31)32/h5-14,17H,16H2,1-4H3,(H,35,42)/t17-/m0/s1. The summed E-state index contributed by atoms with van der Waals surface area (Å²) >= 11 is 0. The van der Waals surface area contributed by atoms with Gasteiger partial charge in [-0.15, -0.1) is 10.2 Å². The monoisotopic (exact) mass is 605 g/mol. The molecule has 12 nitrogen and oxygen atoms in total. The Hall–Kier alpha value is -5.49. The molecule has 0 unspecified atom stereocenters. The molecule has 3 aromatic heterocycles. The molecule has 0 fully saturated rings. The molecular formula is C29H26F3N9O3. The summed E-state index contributed by atoms with van der Waals surface area (Å²) in [5.74, 6) is 0.420. The van der Waals surface area contributed by atoms with E-state index in [1.54, 1.807) is 37.3 Å². The van der Waals surface area contributed by atoms with E-state index in [4.69, 9.17) is 4.42 Å². The largest absolute Gasteiger partial charge is 0.422 e. The summed E-state index contributed by atoms with van der Waals surface area (Å²) in [6, 6.07) is 12.6. The molecule has 5 aromatic rings. The fourth-order valence-electron chi connectivity index (χ4n) is 4.67. The Bertz CT molecular complexity index is 1930. The molecule has 0 radical (unpaired) electrons. The van der Waals surface area contributed by atoms with Crippen molar-refractivity contribution in [2.24, 2.45) is 0 Å². The van der Waals surface area contributed by atoms with Crippen molar-refractivity contribution in [3.8, 4) is 28.8 Å². The van der Waals surface area contributed by atoms with Crippen molar-refractivity contribution in [2.75, 3.05) is 14.1 Å². The average molecular weight is 606 g/mol. The molecule has 1 N–H and O–H groups in total. The van der Waals surface area contributed by atoms with Crippen LogP contribution in [-0.2, 0) is 12.7 Å². The van der Waals surface area contributed by atoms with Gasteiger partial charge < -0.3 is 14.6 Å². The zero-order valence-electron chi connectivity index (χ0n) is 24.0. The zero-order valence-corrected chi connectivity index (χ0v) is 24.0. The molecule has 0 saturated carbocycles. The number of rotatable bonds is 7. The summed E-state index contributed by atoms with van der Waals surface area (Å²) < 4.78 is 49.7. The number of nitrogens with one attached hydrogen (secondary N) is 1. The van der Waals surface area contributed by atoms with E-state index < -0.39 is 29.5 Å². The van der Waals surface area contributed by atoms with Gasteiger partial charge >= 0.3 is 17.9 Å². The second kappa shape index (κ2) is 11.7. The number of amides is 1. The highest BCUT2D eigenvalue weighted by Crippen LogP contribution is 2.32. The molecule has 0 aliphatic rings. The van der Waals surface area contributed by atoms with E-state index in [1.165, 1.54) is 29.9 Å². The number of halogens is 3. The Morgan fingerprint density at radius 3 is 2.50 bits per heavy atom. The molecule has 5 rings (SSSR count). The molecule has 15 heteroatoms. The Morgan fingerprint density at radius 2 is 1.84 bits per heavy atom. The van der Waals surface area contributed by atoms with Crippen molar-refractivity contribution in [1.82, 2.24) is 39.3 Å². The Balaban J connectivity index is 1.65. The topological polar surface area (TPSA) is 140 Å². The fraction of sp³-hybridized carbons (Fsp3) is 0.241. The lowest BCUT2D eigenvalue weighted by molar-refractivity contribution is -0.137. The van der Waals surface area contributed by atoms with Crippen LogP contribution in [0.15, 0.2) is 70.0 Å². The lowest BCUT2D eigenvalue weighted by atomic mass is 10.2. The number of nitriles is 1. The van der Waals surface area contributed by atoms with Gasteiger partial charge in [0, 0.05) is 0 Å². The SMILES string of the molecule is Cc1c(-c2ccnn2-c2ccc(C#N)cc2)n(C(=O)N[C@@H](C)c2nnc(CN(C)C)o2)c(=O)n1-c1cccc(C(F)(F)F)c1. The van der Waals surface area contributed by atoms with Crippen molar-refractivity contribution >= 4 is 6.03 Å².